The molecule has 8 heteroatoms. The third-order valence-corrected chi connectivity index (χ3v) is 3.52. The van der Waals surface area contributed by atoms with E-state index in [9.17, 15) is 9.18 Å². The van der Waals surface area contributed by atoms with Crippen LogP contribution in [0.4, 0.5) is 10.1 Å². The van der Waals surface area contributed by atoms with E-state index in [-0.39, 0.29) is 22.9 Å². The molecule has 1 heterocycles. The second-order valence-electron chi connectivity index (χ2n) is 4.73. The van der Waals surface area contributed by atoms with E-state index in [1.807, 2.05) is 0 Å². The topological polar surface area (TPSA) is 72.7 Å². The van der Waals surface area contributed by atoms with Gasteiger partial charge < -0.3 is 5.32 Å². The average Bonchev–Trinajstić information content (AvgIpc) is 3.06. The van der Waals surface area contributed by atoms with Gasteiger partial charge in [-0.2, -0.15) is 0 Å². The quantitative estimate of drug-likeness (QED) is 0.797. The van der Waals surface area contributed by atoms with Crippen LogP contribution >= 0.6 is 11.6 Å². The lowest BCUT2D eigenvalue weighted by Gasteiger charge is -2.08. The lowest BCUT2D eigenvalue weighted by molar-refractivity contribution is -0.115. The number of benzene rings is 2. The lowest BCUT2D eigenvalue weighted by atomic mass is 10.1. The fourth-order valence-electron chi connectivity index (χ4n) is 2.04. The van der Waals surface area contributed by atoms with E-state index in [0.29, 0.717) is 5.69 Å². The van der Waals surface area contributed by atoms with E-state index in [4.69, 9.17) is 11.6 Å². The summed E-state index contributed by atoms with van der Waals surface area (Å²) in [6, 6.07) is 11.2. The summed E-state index contributed by atoms with van der Waals surface area (Å²) in [5, 5.41) is 13.8. The van der Waals surface area contributed by atoms with E-state index in [0.717, 1.165) is 5.69 Å². The summed E-state index contributed by atoms with van der Waals surface area (Å²) in [4.78, 5) is 12.0. The van der Waals surface area contributed by atoms with Crippen LogP contribution in [0, 0.1) is 5.82 Å². The summed E-state index contributed by atoms with van der Waals surface area (Å²) >= 11 is 5.91. The molecular weight excluding hydrogens is 321 g/mol. The number of carbonyl (C=O) groups is 1. The number of hydrogen-bond donors (Lipinski definition) is 1. The van der Waals surface area contributed by atoms with Crippen molar-refractivity contribution in [2.75, 3.05) is 5.32 Å². The van der Waals surface area contributed by atoms with Crippen molar-refractivity contribution in [1.29, 1.82) is 0 Å². The fourth-order valence-corrected chi connectivity index (χ4v) is 2.27. The van der Waals surface area contributed by atoms with Crippen molar-refractivity contribution in [3.05, 3.63) is 65.2 Å². The molecule has 2 aromatic carbocycles. The number of nitrogens with zero attached hydrogens (tertiary/aromatic N) is 4. The minimum absolute atomic E-state index is 0.139. The van der Waals surface area contributed by atoms with Crippen molar-refractivity contribution < 1.29 is 9.18 Å². The lowest BCUT2D eigenvalue weighted by Crippen LogP contribution is -2.15. The van der Waals surface area contributed by atoms with E-state index in [1.54, 1.807) is 30.3 Å². The second-order valence-corrected chi connectivity index (χ2v) is 5.13. The van der Waals surface area contributed by atoms with Crippen molar-refractivity contribution in [3.63, 3.8) is 0 Å². The maximum Gasteiger partial charge on any atom is 0.228 e. The van der Waals surface area contributed by atoms with Crippen LogP contribution in [0.2, 0.25) is 5.02 Å². The fraction of sp³-hybridized carbons (Fsp3) is 0.0667. The molecule has 1 N–H and O–H groups in total. The molecule has 0 radical (unpaired) electrons. The zero-order valence-electron chi connectivity index (χ0n) is 11.8. The third-order valence-electron chi connectivity index (χ3n) is 3.16. The van der Waals surface area contributed by atoms with Crippen LogP contribution in [0.25, 0.3) is 5.69 Å². The van der Waals surface area contributed by atoms with Crippen LogP contribution in [0.5, 0.6) is 0 Å². The molecule has 0 saturated heterocycles. The molecule has 1 aromatic heterocycles. The number of carbonyl (C=O) groups excluding carboxylic acids is 1. The largest absolute Gasteiger partial charge is 0.326 e. The van der Waals surface area contributed by atoms with E-state index < -0.39 is 5.82 Å². The Morgan fingerprint density at radius 3 is 2.65 bits per heavy atom. The molecule has 0 unspecified atom stereocenters. The molecule has 0 aliphatic carbocycles. The van der Waals surface area contributed by atoms with Crippen LogP contribution in [-0.2, 0) is 11.2 Å². The molecule has 3 aromatic rings. The molecule has 0 atom stereocenters. The molecule has 23 heavy (non-hydrogen) atoms. The summed E-state index contributed by atoms with van der Waals surface area (Å²) in [6.07, 6.45) is 1.33. The van der Waals surface area contributed by atoms with E-state index in [1.165, 1.54) is 23.1 Å². The van der Waals surface area contributed by atoms with E-state index in [2.05, 4.69) is 20.8 Å². The number of tetrazole rings is 1. The summed E-state index contributed by atoms with van der Waals surface area (Å²) in [5.41, 5.74) is 1.52. The van der Waals surface area contributed by atoms with Gasteiger partial charge in [-0.15, -0.1) is 5.10 Å². The highest BCUT2D eigenvalue weighted by Crippen LogP contribution is 2.20. The standard InChI is InChI=1S/C15H11ClFN5O/c16-13-2-1-3-14(17)12(13)8-15(23)19-10-4-6-11(7-5-10)22-9-18-20-21-22/h1-7,9H,8H2,(H,19,23). The molecule has 0 bridgehead atoms. The summed E-state index contributed by atoms with van der Waals surface area (Å²) in [7, 11) is 0. The molecule has 116 valence electrons. The highest BCUT2D eigenvalue weighted by Gasteiger charge is 2.12. The predicted octanol–water partition coefficient (Wildman–Crippen LogP) is 2.64. The Morgan fingerprint density at radius 1 is 1.22 bits per heavy atom. The van der Waals surface area contributed by atoms with Gasteiger partial charge in [-0.3, -0.25) is 4.79 Å². The first-order valence-corrected chi connectivity index (χ1v) is 7.07. The van der Waals surface area contributed by atoms with Gasteiger partial charge in [0.15, 0.2) is 0 Å². The van der Waals surface area contributed by atoms with Gasteiger partial charge in [0, 0.05) is 16.3 Å². The van der Waals surface area contributed by atoms with Crippen LogP contribution in [0.3, 0.4) is 0 Å². The van der Waals surface area contributed by atoms with Crippen molar-refractivity contribution >= 4 is 23.2 Å². The zero-order valence-corrected chi connectivity index (χ0v) is 12.5. The van der Waals surface area contributed by atoms with Gasteiger partial charge in [-0.05, 0) is 46.8 Å². The monoisotopic (exact) mass is 331 g/mol. The first-order valence-electron chi connectivity index (χ1n) is 6.69. The zero-order chi connectivity index (χ0) is 16.2. The Bertz CT molecular complexity index is 800. The van der Waals surface area contributed by atoms with Gasteiger partial charge in [-0.25, -0.2) is 9.07 Å². The second kappa shape index (κ2) is 6.53. The van der Waals surface area contributed by atoms with Crippen molar-refractivity contribution in [3.8, 4) is 5.69 Å². The molecule has 3 rings (SSSR count). The van der Waals surface area contributed by atoms with Gasteiger partial charge in [0.1, 0.15) is 12.1 Å². The third kappa shape index (κ3) is 3.51. The Labute approximate surface area is 135 Å². The Kier molecular flexibility index (Phi) is 4.29. The number of amides is 1. The Morgan fingerprint density at radius 2 is 2.00 bits per heavy atom. The number of nitrogens with one attached hydrogen (secondary N) is 1. The van der Waals surface area contributed by atoms with Gasteiger partial charge in [0.2, 0.25) is 5.91 Å². The molecule has 0 saturated carbocycles. The summed E-state index contributed by atoms with van der Waals surface area (Å²) < 4.78 is 15.2. The number of rotatable bonds is 4. The van der Waals surface area contributed by atoms with Gasteiger partial charge in [0.05, 0.1) is 12.1 Å². The van der Waals surface area contributed by atoms with Crippen LogP contribution in [0.1, 0.15) is 5.56 Å². The number of aromatic nitrogens is 4. The molecule has 0 aliphatic rings. The van der Waals surface area contributed by atoms with Gasteiger partial charge >= 0.3 is 0 Å². The predicted molar refractivity (Wildman–Crippen MR) is 82.9 cm³/mol. The van der Waals surface area contributed by atoms with E-state index >= 15 is 0 Å². The molecule has 0 spiro atoms. The Balaban J connectivity index is 1.68. The molecule has 0 fully saturated rings. The first kappa shape index (κ1) is 15.1. The highest BCUT2D eigenvalue weighted by atomic mass is 35.5. The number of halogens is 2. The van der Waals surface area contributed by atoms with Crippen molar-refractivity contribution in [2.24, 2.45) is 0 Å². The van der Waals surface area contributed by atoms with Crippen LogP contribution in [0.15, 0.2) is 48.8 Å². The average molecular weight is 332 g/mol. The van der Waals surface area contributed by atoms with Crippen molar-refractivity contribution in [2.45, 2.75) is 6.42 Å². The molecular formula is C15H11ClFN5O. The van der Waals surface area contributed by atoms with Gasteiger partial charge in [-0.1, -0.05) is 17.7 Å². The number of hydrogen-bond acceptors (Lipinski definition) is 4. The molecule has 0 aliphatic heterocycles. The SMILES string of the molecule is O=C(Cc1c(F)cccc1Cl)Nc1ccc(-n2cnnn2)cc1. The molecule has 1 amide bonds. The smallest absolute Gasteiger partial charge is 0.228 e. The summed E-state index contributed by atoms with van der Waals surface area (Å²) in [6.45, 7) is 0. The van der Waals surface area contributed by atoms with Crippen LogP contribution in [-0.4, -0.2) is 26.1 Å². The van der Waals surface area contributed by atoms with Crippen molar-refractivity contribution in [1.82, 2.24) is 20.2 Å². The first-order chi connectivity index (χ1) is 11.1. The summed E-state index contributed by atoms with van der Waals surface area (Å²) in [5.74, 6) is -0.853. The van der Waals surface area contributed by atoms with Crippen LogP contribution < -0.4 is 5.32 Å². The highest BCUT2D eigenvalue weighted by molar-refractivity contribution is 6.31. The number of anilines is 1. The van der Waals surface area contributed by atoms with Gasteiger partial charge in [0.25, 0.3) is 0 Å². The normalized spacial score (nSPS) is 10.5. The minimum atomic E-state index is -0.498. The Hall–Kier alpha value is -2.80. The minimum Gasteiger partial charge on any atom is -0.326 e. The maximum atomic E-state index is 13.7. The molecule has 6 nitrogen and oxygen atoms in total. The maximum absolute atomic E-state index is 13.7.